The Balaban J connectivity index is 2.77. The molecular weight excluding hydrogens is 457 g/mol. The number of hydrogen-bond acceptors (Lipinski definition) is 6. The molecule has 1 unspecified atom stereocenters. The van der Waals surface area contributed by atoms with Gasteiger partial charge in [-0.25, -0.2) is 0 Å². The highest BCUT2D eigenvalue weighted by molar-refractivity contribution is 9.10. The minimum absolute atomic E-state index is 0.00878. The molecule has 0 fully saturated rings. The van der Waals surface area contributed by atoms with Gasteiger partial charge in [0.1, 0.15) is 0 Å². The molecule has 0 heterocycles. The first-order valence-electron chi connectivity index (χ1n) is 9.22. The Morgan fingerprint density at radius 2 is 1.59 bits per heavy atom. The van der Waals surface area contributed by atoms with E-state index < -0.39 is 36.5 Å². The van der Waals surface area contributed by atoms with Gasteiger partial charge in [0.05, 0.1) is 31.4 Å². The Kier molecular flexibility index (Phi) is 10.9. The van der Waals surface area contributed by atoms with Crippen molar-refractivity contribution in [2.24, 2.45) is 16.1 Å². The average molecular weight is 481 g/mol. The van der Waals surface area contributed by atoms with E-state index >= 15 is 0 Å². The van der Waals surface area contributed by atoms with Crippen LogP contribution in [0.4, 0.5) is 18.9 Å². The summed E-state index contributed by atoms with van der Waals surface area (Å²) in [7, 11) is 0. The van der Waals surface area contributed by atoms with Crippen LogP contribution in [0.1, 0.15) is 39.5 Å². The number of nitrogens with zero attached hydrogens (tertiary/aromatic N) is 2. The van der Waals surface area contributed by atoms with Crippen molar-refractivity contribution in [3.05, 3.63) is 28.7 Å². The topological polar surface area (TPSA) is 77.3 Å². The zero-order chi connectivity index (χ0) is 21.9. The molecule has 0 saturated heterocycles. The second-order valence-corrected chi connectivity index (χ2v) is 7.07. The largest absolute Gasteiger partial charge is 0.465 e. The van der Waals surface area contributed by atoms with E-state index in [9.17, 15) is 22.8 Å². The summed E-state index contributed by atoms with van der Waals surface area (Å²) in [4.78, 5) is 23.9. The number of hydrogen-bond donors (Lipinski definition) is 0. The highest BCUT2D eigenvalue weighted by Crippen LogP contribution is 2.28. The van der Waals surface area contributed by atoms with E-state index in [0.717, 1.165) is 4.47 Å². The SMILES string of the molecule is CCOC(=O)C(CCCC(CC(F)(F)F)N=Nc1ccc(Br)cc1)C(=O)OCC. The Morgan fingerprint density at radius 1 is 1.03 bits per heavy atom. The molecule has 1 aromatic carbocycles. The number of rotatable bonds is 11. The Hall–Kier alpha value is -1.97. The van der Waals surface area contributed by atoms with Gasteiger partial charge >= 0.3 is 18.1 Å². The standard InChI is InChI=1S/C19H24BrF3N2O4/c1-3-28-17(26)16(18(27)29-4-2)7-5-6-15(12-19(21,22)23)25-24-14-10-8-13(20)9-11-14/h8-11,15-16H,3-7,12H2,1-2H3. The number of azo groups is 1. The predicted molar refractivity (Wildman–Crippen MR) is 104 cm³/mol. The van der Waals surface area contributed by atoms with Crippen LogP contribution in [-0.4, -0.2) is 37.4 Å². The van der Waals surface area contributed by atoms with Gasteiger partial charge < -0.3 is 9.47 Å². The van der Waals surface area contributed by atoms with Crippen molar-refractivity contribution in [1.29, 1.82) is 0 Å². The highest BCUT2D eigenvalue weighted by Gasteiger charge is 2.33. The zero-order valence-corrected chi connectivity index (χ0v) is 17.8. The average Bonchev–Trinajstić information content (AvgIpc) is 2.63. The third-order valence-electron chi connectivity index (χ3n) is 3.80. The highest BCUT2D eigenvalue weighted by atomic mass is 79.9. The van der Waals surface area contributed by atoms with Gasteiger partial charge in [-0.15, -0.1) is 0 Å². The molecule has 0 radical (unpaired) electrons. The van der Waals surface area contributed by atoms with Crippen LogP contribution >= 0.6 is 15.9 Å². The molecule has 6 nitrogen and oxygen atoms in total. The lowest BCUT2D eigenvalue weighted by Crippen LogP contribution is -2.28. The molecule has 0 saturated carbocycles. The van der Waals surface area contributed by atoms with Crippen LogP contribution in [0.25, 0.3) is 0 Å². The molecule has 0 aliphatic heterocycles. The van der Waals surface area contributed by atoms with Gasteiger partial charge in [-0.1, -0.05) is 15.9 Å². The number of halogens is 4. The molecule has 0 aromatic heterocycles. The summed E-state index contributed by atoms with van der Waals surface area (Å²) in [6.07, 6.45) is -5.38. The lowest BCUT2D eigenvalue weighted by atomic mass is 9.99. The van der Waals surface area contributed by atoms with Crippen LogP contribution < -0.4 is 0 Å². The maximum absolute atomic E-state index is 12.9. The van der Waals surface area contributed by atoms with E-state index in [0.29, 0.717) is 5.69 Å². The lowest BCUT2D eigenvalue weighted by Gasteiger charge is -2.16. The van der Waals surface area contributed by atoms with E-state index in [-0.39, 0.29) is 32.5 Å². The maximum Gasteiger partial charge on any atom is 0.391 e. The van der Waals surface area contributed by atoms with Crippen molar-refractivity contribution < 1.29 is 32.2 Å². The van der Waals surface area contributed by atoms with Gasteiger partial charge in [0.15, 0.2) is 5.92 Å². The van der Waals surface area contributed by atoms with Crippen molar-refractivity contribution in [3.63, 3.8) is 0 Å². The smallest absolute Gasteiger partial charge is 0.391 e. The van der Waals surface area contributed by atoms with E-state index in [1.54, 1.807) is 38.1 Å². The summed E-state index contributed by atoms with van der Waals surface area (Å²) in [5, 5.41) is 7.71. The van der Waals surface area contributed by atoms with E-state index in [1.165, 1.54) is 0 Å². The van der Waals surface area contributed by atoms with Crippen LogP contribution in [0, 0.1) is 5.92 Å². The molecule has 0 N–H and O–H groups in total. The predicted octanol–water partition coefficient (Wildman–Crippen LogP) is 5.77. The second-order valence-electron chi connectivity index (χ2n) is 6.15. The van der Waals surface area contributed by atoms with Crippen LogP contribution in [0.15, 0.2) is 39.0 Å². The summed E-state index contributed by atoms with van der Waals surface area (Å²) >= 11 is 3.26. The van der Waals surface area contributed by atoms with Gasteiger partial charge in [-0.3, -0.25) is 9.59 Å². The van der Waals surface area contributed by atoms with Crippen molar-refractivity contribution >= 4 is 33.6 Å². The van der Waals surface area contributed by atoms with E-state index in [1.807, 2.05) is 0 Å². The first kappa shape index (κ1) is 25.1. The minimum atomic E-state index is -4.41. The molecule has 0 spiro atoms. The fraction of sp³-hybridized carbons (Fsp3) is 0.579. The fourth-order valence-electron chi connectivity index (χ4n) is 2.50. The number of benzene rings is 1. The maximum atomic E-state index is 12.9. The van der Waals surface area contributed by atoms with Gasteiger partial charge in [-0.05, 0) is 57.4 Å². The number of esters is 2. The Morgan fingerprint density at radius 3 is 2.07 bits per heavy atom. The summed E-state index contributed by atoms with van der Waals surface area (Å²) in [6, 6.07) is 5.53. The molecule has 0 amide bonds. The number of carbonyl (C=O) groups is 2. The van der Waals surface area contributed by atoms with Crippen molar-refractivity contribution in [3.8, 4) is 0 Å². The molecule has 1 atom stereocenters. The molecule has 29 heavy (non-hydrogen) atoms. The Bertz CT molecular complexity index is 663. The summed E-state index contributed by atoms with van der Waals surface area (Å²) in [5.74, 6) is -2.64. The Labute approximate surface area is 176 Å². The fourth-order valence-corrected chi connectivity index (χ4v) is 2.76. The molecule has 0 aliphatic rings. The van der Waals surface area contributed by atoms with Crippen LogP contribution in [-0.2, 0) is 19.1 Å². The quantitative estimate of drug-likeness (QED) is 0.229. The molecule has 0 bridgehead atoms. The summed E-state index contributed by atoms with van der Waals surface area (Å²) < 4.78 is 49.1. The lowest BCUT2D eigenvalue weighted by molar-refractivity contribution is -0.162. The summed E-state index contributed by atoms with van der Waals surface area (Å²) in [6.45, 7) is 3.38. The molecular formula is C19H24BrF3N2O4. The third kappa shape index (κ3) is 10.4. The first-order valence-corrected chi connectivity index (χ1v) is 10.0. The molecule has 1 aromatic rings. The number of alkyl halides is 3. The van der Waals surface area contributed by atoms with Crippen LogP contribution in [0.2, 0.25) is 0 Å². The van der Waals surface area contributed by atoms with Crippen LogP contribution in [0.5, 0.6) is 0 Å². The monoisotopic (exact) mass is 480 g/mol. The van der Waals surface area contributed by atoms with Gasteiger partial charge in [0.2, 0.25) is 0 Å². The molecule has 1 rings (SSSR count). The van der Waals surface area contributed by atoms with Gasteiger partial charge in [0.25, 0.3) is 0 Å². The normalized spacial score (nSPS) is 12.9. The second kappa shape index (κ2) is 12.6. The number of ether oxygens (including phenoxy) is 2. The van der Waals surface area contributed by atoms with E-state index in [2.05, 4.69) is 26.2 Å². The summed E-state index contributed by atoms with van der Waals surface area (Å²) in [5.41, 5.74) is 0.427. The third-order valence-corrected chi connectivity index (χ3v) is 4.33. The van der Waals surface area contributed by atoms with Gasteiger partial charge in [0, 0.05) is 4.47 Å². The van der Waals surface area contributed by atoms with Crippen molar-refractivity contribution in [2.45, 2.75) is 51.7 Å². The van der Waals surface area contributed by atoms with Gasteiger partial charge in [-0.2, -0.15) is 23.4 Å². The number of carbonyl (C=O) groups excluding carboxylic acids is 2. The zero-order valence-electron chi connectivity index (χ0n) is 16.2. The van der Waals surface area contributed by atoms with Crippen molar-refractivity contribution in [2.75, 3.05) is 13.2 Å². The van der Waals surface area contributed by atoms with Crippen LogP contribution in [0.3, 0.4) is 0 Å². The molecule has 10 heteroatoms. The van der Waals surface area contributed by atoms with E-state index in [4.69, 9.17) is 9.47 Å². The molecule has 0 aliphatic carbocycles. The minimum Gasteiger partial charge on any atom is -0.465 e. The van der Waals surface area contributed by atoms with Crippen molar-refractivity contribution in [1.82, 2.24) is 0 Å². The molecule has 162 valence electrons. The first-order chi connectivity index (χ1) is 13.7.